The SMILES string of the molecule is CC1(C)c2ccccc2-c2cc3c(cc21)C1C=CC=CC1N3C=N/C(=C\C(=N)c1ccccc1)c1ccc(-c2ccc(-c3ccccc3)cc2)cc1. The summed E-state index contributed by atoms with van der Waals surface area (Å²) in [6.45, 7) is 4.69. The van der Waals surface area contributed by atoms with Crippen LogP contribution in [0.4, 0.5) is 5.69 Å². The Morgan fingerprint density at radius 2 is 1.21 bits per heavy atom. The maximum atomic E-state index is 9.03. The number of benzene rings is 6. The van der Waals surface area contributed by atoms with Gasteiger partial charge in [-0.25, -0.2) is 4.99 Å². The summed E-state index contributed by atoms with van der Waals surface area (Å²) in [5, 5.41) is 9.03. The molecule has 1 N–H and O–H groups in total. The van der Waals surface area contributed by atoms with Crippen LogP contribution < -0.4 is 4.90 Å². The molecule has 2 atom stereocenters. The number of aliphatic imine (C=N–C) groups is 1. The molecule has 6 aromatic carbocycles. The molecule has 250 valence electrons. The van der Waals surface area contributed by atoms with Crippen LogP contribution in [0.1, 0.15) is 47.6 Å². The zero-order chi connectivity index (χ0) is 35.2. The lowest BCUT2D eigenvalue weighted by Gasteiger charge is -2.24. The molecule has 0 bridgehead atoms. The predicted octanol–water partition coefficient (Wildman–Crippen LogP) is 11.9. The number of hydrogen-bond donors (Lipinski definition) is 1. The largest absolute Gasteiger partial charge is 0.324 e. The molecule has 0 saturated heterocycles. The van der Waals surface area contributed by atoms with Crippen molar-refractivity contribution in [2.24, 2.45) is 4.99 Å². The average Bonchev–Trinajstić information content (AvgIpc) is 3.63. The third-order valence-corrected chi connectivity index (χ3v) is 11.0. The van der Waals surface area contributed by atoms with E-state index < -0.39 is 0 Å². The molecule has 0 fully saturated rings. The highest BCUT2D eigenvalue weighted by Gasteiger charge is 2.41. The number of nitrogens with one attached hydrogen (secondary N) is 1. The molecule has 52 heavy (non-hydrogen) atoms. The second-order valence-corrected chi connectivity index (χ2v) is 14.4. The van der Waals surface area contributed by atoms with Crippen LogP contribution in [0.15, 0.2) is 181 Å². The first-order valence-electron chi connectivity index (χ1n) is 18.0. The van der Waals surface area contributed by atoms with Crippen molar-refractivity contribution in [3.05, 3.63) is 204 Å². The van der Waals surface area contributed by atoms with Crippen molar-refractivity contribution in [1.82, 2.24) is 0 Å². The Bertz CT molecular complexity index is 2430. The van der Waals surface area contributed by atoms with Gasteiger partial charge in [-0.05, 0) is 67.8 Å². The van der Waals surface area contributed by atoms with E-state index in [-0.39, 0.29) is 17.4 Å². The maximum Gasteiger partial charge on any atom is 0.0963 e. The molecule has 1 heterocycles. The minimum atomic E-state index is -0.0595. The van der Waals surface area contributed by atoms with Crippen LogP contribution in [0.25, 0.3) is 39.1 Å². The lowest BCUT2D eigenvalue weighted by atomic mass is 9.80. The molecule has 0 radical (unpaired) electrons. The summed E-state index contributed by atoms with van der Waals surface area (Å²) in [7, 11) is 0. The van der Waals surface area contributed by atoms with Crippen LogP contribution in [-0.2, 0) is 5.41 Å². The van der Waals surface area contributed by atoms with Crippen LogP contribution in [0.5, 0.6) is 0 Å². The highest BCUT2D eigenvalue weighted by atomic mass is 15.2. The first-order chi connectivity index (χ1) is 25.5. The molecule has 1 aliphatic heterocycles. The standard InChI is InChI=1S/C49H39N3/c1-49(2)43-19-11-9-17-39(43)41-30-48-42(29-44(41)49)40-18-10-12-20-47(40)52(48)32-51-46(31-45(50)37-15-7-4-8-16-37)38-27-25-36(26-28-38)35-23-21-34(22-24-35)33-13-5-3-6-14-33/h3-32,40,47,50H,1-2H3/b46-31-,50-45?,51-32?. The Morgan fingerprint density at radius 3 is 1.92 bits per heavy atom. The normalized spacial score (nSPS) is 17.9. The summed E-state index contributed by atoms with van der Waals surface area (Å²) >= 11 is 0. The van der Waals surface area contributed by atoms with Crippen molar-refractivity contribution in [2.45, 2.75) is 31.2 Å². The summed E-state index contributed by atoms with van der Waals surface area (Å²) in [5.41, 5.74) is 15.5. The van der Waals surface area contributed by atoms with Crippen molar-refractivity contribution in [3.8, 4) is 33.4 Å². The summed E-state index contributed by atoms with van der Waals surface area (Å²) in [6, 6.07) is 51.4. The number of allylic oxidation sites excluding steroid dienone is 3. The molecule has 0 amide bonds. The Hall–Kier alpha value is -6.32. The van der Waals surface area contributed by atoms with Gasteiger partial charge < -0.3 is 10.3 Å². The summed E-state index contributed by atoms with van der Waals surface area (Å²) < 4.78 is 0. The zero-order valence-electron chi connectivity index (χ0n) is 29.4. The molecule has 9 rings (SSSR count). The number of anilines is 1. The van der Waals surface area contributed by atoms with Crippen molar-refractivity contribution in [1.29, 1.82) is 5.41 Å². The van der Waals surface area contributed by atoms with Crippen LogP contribution in [0.3, 0.4) is 0 Å². The fourth-order valence-corrected chi connectivity index (χ4v) is 8.17. The summed E-state index contributed by atoms with van der Waals surface area (Å²) in [4.78, 5) is 7.54. The third-order valence-electron chi connectivity index (χ3n) is 11.0. The molecule has 3 aliphatic rings. The smallest absolute Gasteiger partial charge is 0.0963 e. The molecule has 0 aromatic heterocycles. The van der Waals surface area contributed by atoms with E-state index in [0.717, 1.165) is 28.0 Å². The van der Waals surface area contributed by atoms with Gasteiger partial charge >= 0.3 is 0 Å². The van der Waals surface area contributed by atoms with Crippen LogP contribution >= 0.6 is 0 Å². The minimum Gasteiger partial charge on any atom is -0.324 e. The van der Waals surface area contributed by atoms with Gasteiger partial charge in [0.05, 0.1) is 23.8 Å². The zero-order valence-corrected chi connectivity index (χ0v) is 29.4. The van der Waals surface area contributed by atoms with E-state index in [1.54, 1.807) is 0 Å². The van der Waals surface area contributed by atoms with Gasteiger partial charge in [0, 0.05) is 22.6 Å². The number of rotatable bonds is 7. The van der Waals surface area contributed by atoms with Crippen molar-refractivity contribution in [2.75, 3.05) is 4.90 Å². The molecule has 2 aliphatic carbocycles. The lowest BCUT2D eigenvalue weighted by Crippen LogP contribution is -2.31. The van der Waals surface area contributed by atoms with E-state index in [2.05, 4.69) is 152 Å². The Balaban J connectivity index is 1.09. The molecular formula is C49H39N3. The number of fused-ring (bicyclic) bond motifs is 6. The number of nitrogens with zero attached hydrogens (tertiary/aromatic N) is 2. The molecular weight excluding hydrogens is 631 g/mol. The van der Waals surface area contributed by atoms with Crippen molar-refractivity contribution in [3.63, 3.8) is 0 Å². The van der Waals surface area contributed by atoms with E-state index in [0.29, 0.717) is 5.71 Å². The van der Waals surface area contributed by atoms with Crippen LogP contribution in [-0.4, -0.2) is 18.1 Å². The number of hydrogen-bond acceptors (Lipinski definition) is 2. The molecule has 6 aromatic rings. The second kappa shape index (κ2) is 12.8. The topological polar surface area (TPSA) is 39.5 Å². The minimum absolute atomic E-state index is 0.0595. The molecule has 2 unspecified atom stereocenters. The molecule has 3 heteroatoms. The summed E-state index contributed by atoms with van der Waals surface area (Å²) in [6.07, 6.45) is 12.8. The Labute approximate surface area is 306 Å². The van der Waals surface area contributed by atoms with Crippen LogP contribution in [0.2, 0.25) is 0 Å². The highest BCUT2D eigenvalue weighted by Crippen LogP contribution is 2.54. The third kappa shape index (κ3) is 5.46. The van der Waals surface area contributed by atoms with Gasteiger partial charge in [-0.15, -0.1) is 0 Å². The van der Waals surface area contributed by atoms with Crippen LogP contribution in [0, 0.1) is 5.41 Å². The quantitative estimate of drug-likeness (QED) is 0.133. The molecule has 0 saturated carbocycles. The first kappa shape index (κ1) is 31.6. The molecule has 0 spiro atoms. The Kier molecular flexibility index (Phi) is 7.78. The van der Waals surface area contributed by atoms with Crippen molar-refractivity contribution < 1.29 is 0 Å². The van der Waals surface area contributed by atoms with E-state index >= 15 is 0 Å². The fraction of sp³-hybridized carbons (Fsp3) is 0.102. The fourth-order valence-electron chi connectivity index (χ4n) is 8.17. The van der Waals surface area contributed by atoms with Gasteiger partial charge in [0.2, 0.25) is 0 Å². The maximum absolute atomic E-state index is 9.03. The van der Waals surface area contributed by atoms with E-state index in [4.69, 9.17) is 10.4 Å². The van der Waals surface area contributed by atoms with Gasteiger partial charge in [-0.2, -0.15) is 0 Å². The van der Waals surface area contributed by atoms with Crippen molar-refractivity contribution >= 4 is 23.4 Å². The van der Waals surface area contributed by atoms with E-state index in [9.17, 15) is 0 Å². The first-order valence-corrected chi connectivity index (χ1v) is 18.0. The predicted molar refractivity (Wildman–Crippen MR) is 218 cm³/mol. The average molecular weight is 670 g/mol. The van der Waals surface area contributed by atoms with Gasteiger partial charge in [0.1, 0.15) is 0 Å². The van der Waals surface area contributed by atoms with Gasteiger partial charge in [-0.1, -0.05) is 178 Å². The van der Waals surface area contributed by atoms with Gasteiger partial charge in [-0.3, -0.25) is 0 Å². The lowest BCUT2D eigenvalue weighted by molar-refractivity contribution is 0.658. The van der Waals surface area contributed by atoms with Gasteiger partial charge in [0.15, 0.2) is 0 Å². The highest BCUT2D eigenvalue weighted by molar-refractivity contribution is 6.10. The summed E-state index contributed by atoms with van der Waals surface area (Å²) in [5.74, 6) is 0.235. The Morgan fingerprint density at radius 1 is 0.615 bits per heavy atom. The van der Waals surface area contributed by atoms with E-state index in [1.165, 1.54) is 44.6 Å². The molecule has 3 nitrogen and oxygen atoms in total. The second-order valence-electron chi connectivity index (χ2n) is 14.4. The van der Waals surface area contributed by atoms with Gasteiger partial charge in [0.25, 0.3) is 0 Å². The van der Waals surface area contributed by atoms with E-state index in [1.807, 2.05) is 48.8 Å². The monoisotopic (exact) mass is 669 g/mol.